The van der Waals surface area contributed by atoms with E-state index in [1.165, 1.54) is 48.5 Å². The lowest BCUT2D eigenvalue weighted by Gasteiger charge is -2.10. The summed E-state index contributed by atoms with van der Waals surface area (Å²) in [5.74, 6) is 0.214. The number of nitro benzene ring substituents is 2. The monoisotopic (exact) mass is 834 g/mol. The Balaban J connectivity index is 0.000000217. The second-order valence-electron chi connectivity index (χ2n) is 11.5. The summed E-state index contributed by atoms with van der Waals surface area (Å²) in [5.41, 5.74) is 7.73. The average Bonchev–Trinajstić information content (AvgIpc) is 3.23. The minimum atomic E-state index is -0.669. The van der Waals surface area contributed by atoms with Gasteiger partial charge in [0, 0.05) is 61.2 Å². The van der Waals surface area contributed by atoms with Gasteiger partial charge in [0.15, 0.2) is 23.3 Å². The van der Waals surface area contributed by atoms with Crippen LogP contribution in [-0.4, -0.2) is 70.4 Å². The van der Waals surface area contributed by atoms with Crippen LogP contribution in [0, 0.1) is 31.9 Å². The van der Waals surface area contributed by atoms with Crippen LogP contribution in [0.1, 0.15) is 0 Å². The number of nitrogens with one attached hydrogen (secondary N) is 3. The number of nitrogens with two attached hydrogens (primary N) is 1. The molecule has 0 saturated heterocycles. The molecule has 0 aliphatic heterocycles. The number of hydrogen-bond acceptors (Lipinski definition) is 16. The second kappa shape index (κ2) is 23.1. The summed E-state index contributed by atoms with van der Waals surface area (Å²) in [6, 6.07) is 25.4. The summed E-state index contributed by atoms with van der Waals surface area (Å²) >= 11 is 5.53. The van der Waals surface area contributed by atoms with E-state index in [-0.39, 0.29) is 34.2 Å². The Bertz CT molecular complexity index is 2250. The average molecular weight is 835 g/mol. The van der Waals surface area contributed by atoms with Crippen LogP contribution in [0.5, 0.6) is 11.5 Å². The highest BCUT2D eigenvalue weighted by atomic mass is 35.5. The number of methoxy groups -OCH3 is 2. The van der Waals surface area contributed by atoms with Crippen LogP contribution in [0.15, 0.2) is 109 Å². The van der Waals surface area contributed by atoms with E-state index in [0.29, 0.717) is 49.2 Å². The van der Waals surface area contributed by atoms with Gasteiger partial charge in [-0.05, 0) is 84.4 Å². The molecule has 6 aromatic rings. The van der Waals surface area contributed by atoms with Crippen molar-refractivity contribution in [2.24, 2.45) is 0 Å². The van der Waals surface area contributed by atoms with E-state index in [9.17, 15) is 29.0 Å². The molecule has 0 unspecified atom stereocenters. The van der Waals surface area contributed by atoms with Crippen LogP contribution < -0.4 is 31.2 Å². The van der Waals surface area contributed by atoms with Gasteiger partial charge in [-0.2, -0.15) is 9.97 Å². The van der Waals surface area contributed by atoms with Crippen molar-refractivity contribution in [3.63, 3.8) is 0 Å². The first-order chi connectivity index (χ1) is 28.4. The molecular weight excluding hydrogens is 798 g/mol. The van der Waals surface area contributed by atoms with E-state index < -0.39 is 21.5 Å². The fraction of sp³-hybridized carbons (Fsp3) is 0.158. The molecule has 0 saturated carbocycles. The largest absolute Gasteiger partial charge is 0.491 e. The Morgan fingerprint density at radius 3 is 1.47 bits per heavy atom. The van der Waals surface area contributed by atoms with Gasteiger partial charge in [-0.25, -0.2) is 18.7 Å². The standard InChI is InChI=1S/C19H18FN5O4.C10H6ClFN4O2.C9H13NO2/c1-28-10-11-29-16-8-4-14(5-9-16)23-19-21-12-17(20)18(24-19)22-13-2-6-15(7-3-13)25(26)27;11-10-13-5-8(12)9(15-10)14-6-1-3-7(4-2-6)16(17)18;1-11-6-7-12-9-4-2-8(10)3-5-9/h2-9,12H,10-11H2,1H3,(H2,21,22,23,24);1-5H,(H,13,14,15);2-5H,6-7,10H2,1H3. The molecule has 2 aromatic heterocycles. The molecular formula is C38H37ClF2N10O8. The number of anilines is 7. The number of nitrogen functional groups attached to an aromatic ring is 1. The zero-order chi connectivity index (χ0) is 42.6. The first-order valence-corrected chi connectivity index (χ1v) is 17.5. The fourth-order valence-corrected chi connectivity index (χ4v) is 4.50. The van der Waals surface area contributed by atoms with Gasteiger partial charge in [0.25, 0.3) is 11.4 Å². The van der Waals surface area contributed by atoms with Gasteiger partial charge in [-0.15, -0.1) is 0 Å². The maximum absolute atomic E-state index is 14.1. The van der Waals surface area contributed by atoms with Crippen molar-refractivity contribution in [3.8, 4) is 11.5 Å². The molecule has 0 atom stereocenters. The molecule has 59 heavy (non-hydrogen) atoms. The summed E-state index contributed by atoms with van der Waals surface area (Å²) < 4.78 is 47.9. The summed E-state index contributed by atoms with van der Waals surface area (Å²) in [4.78, 5) is 35.3. The molecule has 0 radical (unpaired) electrons. The zero-order valence-electron chi connectivity index (χ0n) is 31.4. The quantitative estimate of drug-likeness (QED) is 0.0236. The molecule has 0 fully saturated rings. The first kappa shape index (κ1) is 44.4. The lowest BCUT2D eigenvalue weighted by atomic mass is 10.3. The Hall–Kier alpha value is -7.29. The second-order valence-corrected chi connectivity index (χ2v) is 11.8. The number of nitrogens with zero attached hydrogens (tertiary/aromatic N) is 6. The third-order valence-corrected chi connectivity index (χ3v) is 7.43. The Labute approximate surface area is 340 Å². The number of hydrogen-bond donors (Lipinski definition) is 4. The van der Waals surface area contributed by atoms with Gasteiger partial charge < -0.3 is 40.6 Å². The van der Waals surface area contributed by atoms with Crippen LogP contribution >= 0.6 is 11.6 Å². The SMILES string of the molecule is COCCOc1ccc(N)cc1.COCCOc1ccc(Nc2ncc(F)c(Nc3ccc([N+](=O)[O-])cc3)n2)cc1.O=[N+]([O-])c1ccc(Nc2nc(Cl)ncc2F)cc1. The van der Waals surface area contributed by atoms with E-state index in [4.69, 9.17) is 36.3 Å². The third-order valence-electron chi connectivity index (χ3n) is 7.24. The van der Waals surface area contributed by atoms with Crippen LogP contribution in [0.25, 0.3) is 0 Å². The number of aromatic nitrogens is 4. The molecule has 0 spiro atoms. The minimum Gasteiger partial charge on any atom is -0.491 e. The van der Waals surface area contributed by atoms with Gasteiger partial charge in [0.2, 0.25) is 11.2 Å². The molecule has 4 aromatic carbocycles. The molecule has 0 amide bonds. The van der Waals surface area contributed by atoms with Crippen molar-refractivity contribution in [2.45, 2.75) is 0 Å². The number of nitro groups is 2. The lowest BCUT2D eigenvalue weighted by Crippen LogP contribution is -2.05. The number of halogens is 3. The highest BCUT2D eigenvalue weighted by Crippen LogP contribution is 2.24. The van der Waals surface area contributed by atoms with E-state index in [1.807, 2.05) is 24.3 Å². The molecule has 2 heterocycles. The molecule has 0 aliphatic carbocycles. The van der Waals surface area contributed by atoms with Crippen LogP contribution in [0.2, 0.25) is 5.28 Å². The minimum absolute atomic E-state index is 0.0539. The van der Waals surface area contributed by atoms with E-state index in [2.05, 4.69) is 35.9 Å². The van der Waals surface area contributed by atoms with Crippen molar-refractivity contribution >= 4 is 63.3 Å². The van der Waals surface area contributed by atoms with Crippen LogP contribution in [-0.2, 0) is 9.47 Å². The van der Waals surface area contributed by atoms with Crippen molar-refractivity contribution in [3.05, 3.63) is 147 Å². The number of benzene rings is 4. The maximum atomic E-state index is 14.1. The Morgan fingerprint density at radius 1 is 0.610 bits per heavy atom. The summed E-state index contributed by atoms with van der Waals surface area (Å²) in [6.45, 7) is 2.11. The van der Waals surface area contributed by atoms with Crippen molar-refractivity contribution in [1.29, 1.82) is 0 Å². The highest BCUT2D eigenvalue weighted by Gasteiger charge is 2.11. The van der Waals surface area contributed by atoms with Crippen LogP contribution in [0.3, 0.4) is 0 Å². The zero-order valence-corrected chi connectivity index (χ0v) is 32.1. The molecule has 5 N–H and O–H groups in total. The molecule has 18 nitrogen and oxygen atoms in total. The normalized spacial score (nSPS) is 10.2. The summed E-state index contributed by atoms with van der Waals surface area (Å²) in [5, 5.41) is 29.5. The molecule has 0 aliphatic rings. The van der Waals surface area contributed by atoms with Gasteiger partial charge in [-0.1, -0.05) is 0 Å². The van der Waals surface area contributed by atoms with E-state index >= 15 is 0 Å². The van der Waals surface area contributed by atoms with E-state index in [1.54, 1.807) is 38.5 Å². The molecule has 0 bridgehead atoms. The molecule has 21 heteroatoms. The van der Waals surface area contributed by atoms with Crippen molar-refractivity contribution in [1.82, 2.24) is 19.9 Å². The van der Waals surface area contributed by atoms with Crippen molar-refractivity contribution in [2.75, 3.05) is 62.3 Å². The predicted molar refractivity (Wildman–Crippen MR) is 217 cm³/mol. The van der Waals surface area contributed by atoms with Crippen LogP contribution in [0.4, 0.5) is 60.5 Å². The smallest absolute Gasteiger partial charge is 0.269 e. The van der Waals surface area contributed by atoms with Gasteiger partial charge in [0.1, 0.15) is 24.7 Å². The van der Waals surface area contributed by atoms with Gasteiger partial charge in [0.05, 0.1) is 35.5 Å². The Kier molecular flexibility index (Phi) is 17.4. The number of ether oxygens (including phenoxy) is 4. The molecule has 6 rings (SSSR count). The number of rotatable bonds is 16. The fourth-order valence-electron chi connectivity index (χ4n) is 4.37. The van der Waals surface area contributed by atoms with Gasteiger partial charge in [-0.3, -0.25) is 20.2 Å². The van der Waals surface area contributed by atoms with E-state index in [0.717, 1.165) is 23.8 Å². The Morgan fingerprint density at radius 2 is 1.02 bits per heavy atom. The predicted octanol–water partition coefficient (Wildman–Crippen LogP) is 8.25. The first-order valence-electron chi connectivity index (χ1n) is 17.1. The molecule has 308 valence electrons. The summed E-state index contributed by atoms with van der Waals surface area (Å²) in [7, 11) is 3.25. The van der Waals surface area contributed by atoms with Gasteiger partial charge >= 0.3 is 0 Å². The third kappa shape index (κ3) is 15.3. The maximum Gasteiger partial charge on any atom is 0.269 e. The highest BCUT2D eigenvalue weighted by molar-refractivity contribution is 6.28. The lowest BCUT2D eigenvalue weighted by molar-refractivity contribution is -0.385. The number of non-ortho nitro benzene ring substituents is 2. The summed E-state index contributed by atoms with van der Waals surface area (Å²) in [6.07, 6.45) is 1.97. The van der Waals surface area contributed by atoms with Crippen molar-refractivity contribution < 1.29 is 37.6 Å². The topological polar surface area (TPSA) is 237 Å².